The van der Waals surface area contributed by atoms with Gasteiger partial charge in [-0.05, 0) is 32.1 Å². The van der Waals surface area contributed by atoms with Crippen molar-refractivity contribution < 1.29 is 19.4 Å². The van der Waals surface area contributed by atoms with E-state index >= 15 is 0 Å². The smallest absolute Gasteiger partial charge is 0.314 e. The molecule has 1 aliphatic carbocycles. The Morgan fingerprint density at radius 1 is 1.22 bits per heavy atom. The Morgan fingerprint density at radius 3 is 2.50 bits per heavy atom. The van der Waals surface area contributed by atoms with Gasteiger partial charge in [-0.3, -0.25) is 4.79 Å². The SMILES string of the molecule is COCCCCCNC(=O)NCC1(C(=O)O)CC1. The number of methoxy groups -OCH3 is 1. The normalized spacial score (nSPS) is 16.1. The molecule has 0 radical (unpaired) electrons. The van der Waals surface area contributed by atoms with Crippen molar-refractivity contribution >= 4 is 12.0 Å². The number of ether oxygens (including phenoxy) is 1. The molecule has 0 unspecified atom stereocenters. The van der Waals surface area contributed by atoms with Crippen LogP contribution < -0.4 is 10.6 Å². The Bertz CT molecular complexity index is 290. The predicted octanol–water partition coefficient (Wildman–Crippen LogP) is 0.967. The number of hydrogen-bond donors (Lipinski definition) is 3. The van der Waals surface area contributed by atoms with Crippen LogP contribution in [0.1, 0.15) is 32.1 Å². The number of urea groups is 1. The zero-order valence-corrected chi connectivity index (χ0v) is 10.8. The van der Waals surface area contributed by atoms with Crippen molar-refractivity contribution in [2.45, 2.75) is 32.1 Å². The second-order valence-corrected chi connectivity index (χ2v) is 4.75. The van der Waals surface area contributed by atoms with Crippen LogP contribution in [0, 0.1) is 5.41 Å². The fourth-order valence-corrected chi connectivity index (χ4v) is 1.68. The van der Waals surface area contributed by atoms with Crippen LogP contribution in [0.25, 0.3) is 0 Å². The van der Waals surface area contributed by atoms with Crippen molar-refractivity contribution in [1.29, 1.82) is 0 Å². The predicted molar refractivity (Wildman–Crippen MR) is 66.4 cm³/mol. The van der Waals surface area contributed by atoms with E-state index in [0.29, 0.717) is 19.4 Å². The van der Waals surface area contributed by atoms with Gasteiger partial charge in [0.25, 0.3) is 0 Å². The molecule has 1 rings (SSSR count). The number of carbonyl (C=O) groups excluding carboxylic acids is 1. The first-order chi connectivity index (χ1) is 8.60. The number of carbonyl (C=O) groups is 2. The van der Waals surface area contributed by atoms with Crippen LogP contribution in [0.4, 0.5) is 4.79 Å². The average molecular weight is 258 g/mol. The summed E-state index contributed by atoms with van der Waals surface area (Å²) in [5.74, 6) is -0.817. The van der Waals surface area contributed by atoms with E-state index in [1.165, 1.54) is 0 Å². The van der Waals surface area contributed by atoms with E-state index in [1.54, 1.807) is 7.11 Å². The van der Waals surface area contributed by atoms with Gasteiger partial charge in [-0.1, -0.05) is 0 Å². The molecule has 0 heterocycles. The number of hydrogen-bond acceptors (Lipinski definition) is 3. The topological polar surface area (TPSA) is 87.7 Å². The number of amides is 2. The molecule has 0 aromatic heterocycles. The lowest BCUT2D eigenvalue weighted by molar-refractivity contribution is -0.143. The standard InChI is InChI=1S/C12H22N2O4/c1-18-8-4-2-3-7-13-11(17)14-9-12(5-6-12)10(15)16/h2-9H2,1H3,(H,15,16)(H2,13,14,17). The molecular formula is C12H22N2O4. The van der Waals surface area contributed by atoms with Gasteiger partial charge in [0.1, 0.15) is 0 Å². The quantitative estimate of drug-likeness (QED) is 0.538. The second kappa shape index (κ2) is 7.20. The Hall–Kier alpha value is -1.30. The first kappa shape index (κ1) is 14.8. The highest BCUT2D eigenvalue weighted by atomic mass is 16.5. The van der Waals surface area contributed by atoms with Crippen molar-refractivity contribution in [2.24, 2.45) is 5.41 Å². The van der Waals surface area contributed by atoms with E-state index in [-0.39, 0.29) is 12.6 Å². The first-order valence-electron chi connectivity index (χ1n) is 6.35. The Morgan fingerprint density at radius 2 is 1.94 bits per heavy atom. The van der Waals surface area contributed by atoms with Gasteiger partial charge in [0.2, 0.25) is 0 Å². The lowest BCUT2D eigenvalue weighted by Gasteiger charge is -2.11. The molecule has 18 heavy (non-hydrogen) atoms. The minimum atomic E-state index is -0.817. The van der Waals surface area contributed by atoms with Crippen molar-refractivity contribution in [3.63, 3.8) is 0 Å². The van der Waals surface area contributed by atoms with E-state index < -0.39 is 11.4 Å². The summed E-state index contributed by atoms with van der Waals surface area (Å²) in [4.78, 5) is 22.3. The fourth-order valence-electron chi connectivity index (χ4n) is 1.68. The number of rotatable bonds is 9. The molecule has 0 saturated heterocycles. The molecule has 0 spiro atoms. The van der Waals surface area contributed by atoms with Crippen molar-refractivity contribution in [3.05, 3.63) is 0 Å². The number of aliphatic carboxylic acids is 1. The molecule has 1 aliphatic rings. The van der Waals surface area contributed by atoms with E-state index in [0.717, 1.165) is 25.9 Å². The molecule has 0 aromatic carbocycles. The molecule has 1 fully saturated rings. The monoisotopic (exact) mass is 258 g/mol. The number of carboxylic acids is 1. The summed E-state index contributed by atoms with van der Waals surface area (Å²) in [5.41, 5.74) is -0.699. The van der Waals surface area contributed by atoms with E-state index in [1.807, 2.05) is 0 Å². The molecule has 6 nitrogen and oxygen atoms in total. The first-order valence-corrected chi connectivity index (χ1v) is 6.35. The summed E-state index contributed by atoms with van der Waals surface area (Å²) < 4.78 is 4.92. The highest BCUT2D eigenvalue weighted by Crippen LogP contribution is 2.45. The van der Waals surface area contributed by atoms with Crippen LogP contribution in [0.3, 0.4) is 0 Å². The molecule has 0 aliphatic heterocycles. The summed E-state index contributed by atoms with van der Waals surface area (Å²) in [5, 5.41) is 14.3. The van der Waals surface area contributed by atoms with E-state index in [2.05, 4.69) is 10.6 Å². The molecule has 6 heteroatoms. The molecule has 104 valence electrons. The third-order valence-corrected chi connectivity index (χ3v) is 3.21. The summed E-state index contributed by atoms with van der Waals surface area (Å²) >= 11 is 0. The van der Waals surface area contributed by atoms with Crippen molar-refractivity contribution in [3.8, 4) is 0 Å². The zero-order chi connectivity index (χ0) is 13.4. The molecular weight excluding hydrogens is 236 g/mol. The Balaban J connectivity index is 1.99. The maximum absolute atomic E-state index is 11.4. The lowest BCUT2D eigenvalue weighted by atomic mass is 10.1. The summed E-state index contributed by atoms with van der Waals surface area (Å²) in [6, 6.07) is -0.283. The van der Waals surface area contributed by atoms with Gasteiger partial charge in [-0.25, -0.2) is 4.79 Å². The Labute approximate surface area is 107 Å². The zero-order valence-electron chi connectivity index (χ0n) is 10.8. The van der Waals surface area contributed by atoms with Gasteiger partial charge in [-0.2, -0.15) is 0 Å². The second-order valence-electron chi connectivity index (χ2n) is 4.75. The maximum atomic E-state index is 11.4. The molecule has 1 saturated carbocycles. The number of carboxylic acid groups (broad SMARTS) is 1. The van der Waals surface area contributed by atoms with Gasteiger partial charge >= 0.3 is 12.0 Å². The van der Waals surface area contributed by atoms with Gasteiger partial charge in [0.15, 0.2) is 0 Å². The highest BCUT2D eigenvalue weighted by molar-refractivity contribution is 5.80. The van der Waals surface area contributed by atoms with Gasteiger partial charge in [0, 0.05) is 26.8 Å². The third-order valence-electron chi connectivity index (χ3n) is 3.21. The van der Waals surface area contributed by atoms with Gasteiger partial charge < -0.3 is 20.5 Å². The van der Waals surface area contributed by atoms with Gasteiger partial charge in [0.05, 0.1) is 5.41 Å². The van der Waals surface area contributed by atoms with Crippen LogP contribution in [0.2, 0.25) is 0 Å². The minimum absolute atomic E-state index is 0.220. The van der Waals surface area contributed by atoms with E-state index in [9.17, 15) is 9.59 Å². The van der Waals surface area contributed by atoms with Crippen LogP contribution in [-0.4, -0.2) is 43.9 Å². The summed E-state index contributed by atoms with van der Waals surface area (Å²) in [6.07, 6.45) is 4.20. The Kier molecular flexibility index (Phi) is 5.91. The largest absolute Gasteiger partial charge is 0.481 e. The number of unbranched alkanes of at least 4 members (excludes halogenated alkanes) is 2. The molecule has 3 N–H and O–H groups in total. The lowest BCUT2D eigenvalue weighted by Crippen LogP contribution is -2.41. The minimum Gasteiger partial charge on any atom is -0.481 e. The van der Waals surface area contributed by atoms with Crippen molar-refractivity contribution in [1.82, 2.24) is 10.6 Å². The molecule has 0 bridgehead atoms. The van der Waals surface area contributed by atoms with Crippen LogP contribution >= 0.6 is 0 Å². The van der Waals surface area contributed by atoms with Crippen LogP contribution in [-0.2, 0) is 9.53 Å². The summed E-state index contributed by atoms with van der Waals surface area (Å²) in [6.45, 7) is 1.57. The van der Waals surface area contributed by atoms with Crippen molar-refractivity contribution in [2.75, 3.05) is 26.8 Å². The molecule has 0 atom stereocenters. The maximum Gasteiger partial charge on any atom is 0.314 e. The molecule has 0 aromatic rings. The fraction of sp³-hybridized carbons (Fsp3) is 0.833. The highest BCUT2D eigenvalue weighted by Gasteiger charge is 2.50. The van der Waals surface area contributed by atoms with Crippen LogP contribution in [0.5, 0.6) is 0 Å². The summed E-state index contributed by atoms with van der Waals surface area (Å²) in [7, 11) is 1.67. The average Bonchev–Trinajstić information content (AvgIpc) is 3.12. The van der Waals surface area contributed by atoms with Gasteiger partial charge in [-0.15, -0.1) is 0 Å². The number of nitrogens with one attached hydrogen (secondary N) is 2. The molecule has 2 amide bonds. The van der Waals surface area contributed by atoms with E-state index in [4.69, 9.17) is 9.84 Å². The third kappa shape index (κ3) is 4.91. The van der Waals surface area contributed by atoms with Crippen LogP contribution in [0.15, 0.2) is 0 Å².